The molecule has 6 aliphatic rings. The Morgan fingerprint density at radius 2 is 1.81 bits per heavy atom. The number of carbonyl (C=O) groups is 2. The molecule has 13 heteroatoms. The number of hydrogen-bond donors (Lipinski definition) is 2. The zero-order chi connectivity index (χ0) is 39.5. The molecule has 11 nitrogen and oxygen atoms in total. The third kappa shape index (κ3) is 9.26. The number of benzene rings is 2. The van der Waals surface area contributed by atoms with Crippen LogP contribution in [0.25, 0.3) is 0 Å². The quantitative estimate of drug-likeness (QED) is 0.274. The lowest BCUT2D eigenvalue weighted by Crippen LogP contribution is -2.53. The van der Waals surface area contributed by atoms with Gasteiger partial charge in [-0.3, -0.25) is 14.5 Å². The molecule has 8 rings (SSSR count). The van der Waals surface area contributed by atoms with Crippen LogP contribution in [-0.2, 0) is 36.1 Å². The number of allylic oxidation sites excluding steroid dienone is 1. The van der Waals surface area contributed by atoms with Crippen LogP contribution in [0.2, 0.25) is 5.02 Å². The van der Waals surface area contributed by atoms with Gasteiger partial charge in [-0.25, -0.2) is 13.1 Å². The van der Waals surface area contributed by atoms with Gasteiger partial charge in [-0.1, -0.05) is 38.1 Å². The lowest BCUT2D eigenvalue weighted by molar-refractivity contribution is -0.135. The molecule has 0 aromatic heterocycles. The van der Waals surface area contributed by atoms with Crippen molar-refractivity contribution in [3.05, 3.63) is 70.3 Å². The average Bonchev–Trinajstić information content (AvgIpc) is 3.35. The van der Waals surface area contributed by atoms with E-state index in [2.05, 4.69) is 32.0 Å². The van der Waals surface area contributed by atoms with Gasteiger partial charge in [-0.05, 0) is 131 Å². The maximum absolute atomic E-state index is 13.4. The molecule has 1 spiro atoms. The second-order valence-electron chi connectivity index (χ2n) is 16.8. The van der Waals surface area contributed by atoms with Gasteiger partial charge in [0.15, 0.2) is 6.29 Å². The van der Waals surface area contributed by atoms with Crippen LogP contribution in [0, 0.1) is 17.8 Å². The Kier molecular flexibility index (Phi) is 14.1. The fraction of sp³-hybridized carbons (Fsp3) is 0.636. The van der Waals surface area contributed by atoms with Gasteiger partial charge in [0.05, 0.1) is 30.8 Å². The van der Waals surface area contributed by atoms with Crippen LogP contribution in [0.5, 0.6) is 5.75 Å². The number of aryl methyl sites for hydroxylation is 1. The van der Waals surface area contributed by atoms with Crippen LogP contribution in [0.3, 0.4) is 0 Å². The molecule has 2 saturated heterocycles. The zero-order valence-corrected chi connectivity index (χ0v) is 34.7. The van der Waals surface area contributed by atoms with Crippen LogP contribution < -0.4 is 19.7 Å². The maximum atomic E-state index is 13.4. The number of carbonyl (C=O) groups excluding carboxylic acids is 2. The minimum Gasteiger partial charge on any atom is -0.490 e. The van der Waals surface area contributed by atoms with Crippen molar-refractivity contribution in [1.82, 2.24) is 14.9 Å². The van der Waals surface area contributed by atoms with E-state index in [4.69, 9.17) is 25.8 Å². The Balaban J connectivity index is 0.000000359. The number of piperidine rings is 1. The van der Waals surface area contributed by atoms with Gasteiger partial charge in [-0.2, -0.15) is 0 Å². The number of fused-ring (bicyclic) bond motifs is 4. The predicted molar refractivity (Wildman–Crippen MR) is 226 cm³/mol. The summed E-state index contributed by atoms with van der Waals surface area (Å²) in [7, 11) is -2.41. The second kappa shape index (κ2) is 18.5. The molecule has 57 heavy (non-hydrogen) atoms. The number of nitrogens with zero attached hydrogens (tertiary/aromatic N) is 2. The summed E-state index contributed by atoms with van der Waals surface area (Å²) in [5.74, 6) is -0.203. The first-order valence-corrected chi connectivity index (χ1v) is 22.5. The fourth-order valence-electron chi connectivity index (χ4n) is 9.80. The molecule has 2 aromatic carbocycles. The van der Waals surface area contributed by atoms with Crippen molar-refractivity contribution in [2.75, 3.05) is 71.1 Å². The largest absolute Gasteiger partial charge is 0.490 e. The van der Waals surface area contributed by atoms with E-state index < -0.39 is 26.8 Å². The van der Waals surface area contributed by atoms with Crippen molar-refractivity contribution < 1.29 is 32.2 Å². The monoisotopic (exact) mass is 826 g/mol. The molecular formula is C44H63ClN4O7S. The van der Waals surface area contributed by atoms with Crippen molar-refractivity contribution >= 4 is 39.5 Å². The van der Waals surface area contributed by atoms with Crippen molar-refractivity contribution in [2.45, 2.75) is 94.9 Å². The van der Waals surface area contributed by atoms with E-state index in [-0.39, 0.29) is 36.2 Å². The molecule has 6 atom stereocenters. The summed E-state index contributed by atoms with van der Waals surface area (Å²) in [5.41, 5.74) is 2.05. The lowest BCUT2D eigenvalue weighted by Gasteiger charge is -2.48. The highest BCUT2D eigenvalue weighted by molar-refractivity contribution is 7.90. The summed E-state index contributed by atoms with van der Waals surface area (Å²) in [6.07, 6.45) is 12.3. The highest BCUT2D eigenvalue weighted by atomic mass is 35.5. The van der Waals surface area contributed by atoms with Gasteiger partial charge < -0.3 is 24.4 Å². The third-order valence-electron chi connectivity index (χ3n) is 13.6. The zero-order valence-electron chi connectivity index (χ0n) is 33.1. The predicted octanol–water partition coefficient (Wildman–Crippen LogP) is 6.17. The standard InChI is InChI=1S/C34H41ClN2O6S.C9H18N2O.CH4/c1-22-6-4-15-34(20-38,42-3)29-11-8-26(29)18-37-19-33(14-5-7-24-16-27(35)10-12-28(24)33)21-43-31-13-9-25(17-30(31)37)32(39)36-44(40,41)23(22)2;1-3-10-4-2-9(1)11-5-7-12-8-6-11;/h4,9-10,12-13,15-17,20,22-23,26,29H,5-8,11,14,18-19,21H2,1-3H3,(H,36,39);9-10H,1-8H2;1H4/b15-4+;;/t22-,23+,26-,29+,33-,34-;;/m0../s1. The number of halogens is 1. The first kappa shape index (κ1) is 43.6. The van der Waals surface area contributed by atoms with E-state index in [1.165, 1.54) is 37.1 Å². The highest BCUT2D eigenvalue weighted by Gasteiger charge is 2.49. The Morgan fingerprint density at radius 1 is 1.04 bits per heavy atom. The minimum atomic E-state index is -3.97. The van der Waals surface area contributed by atoms with E-state index in [0.717, 1.165) is 76.4 Å². The molecule has 1 amide bonds. The molecule has 2 bridgehead atoms. The smallest absolute Gasteiger partial charge is 0.264 e. The van der Waals surface area contributed by atoms with Crippen molar-refractivity contribution in [3.63, 3.8) is 0 Å². The van der Waals surface area contributed by atoms with Crippen LogP contribution in [0.1, 0.15) is 87.7 Å². The topological polar surface area (TPSA) is 127 Å². The molecule has 2 N–H and O–H groups in total. The molecule has 4 aliphatic heterocycles. The van der Waals surface area contributed by atoms with Gasteiger partial charge in [0.2, 0.25) is 10.0 Å². The number of morpholine rings is 1. The number of hydrogen-bond acceptors (Lipinski definition) is 10. The van der Waals surface area contributed by atoms with Crippen LogP contribution >= 0.6 is 11.6 Å². The van der Waals surface area contributed by atoms with Gasteiger partial charge in [0.1, 0.15) is 11.4 Å². The van der Waals surface area contributed by atoms with Gasteiger partial charge in [-0.15, -0.1) is 0 Å². The van der Waals surface area contributed by atoms with Crippen LogP contribution in [0.4, 0.5) is 5.69 Å². The number of ether oxygens (including phenoxy) is 3. The second-order valence-corrected chi connectivity index (χ2v) is 19.3. The summed E-state index contributed by atoms with van der Waals surface area (Å²) in [6, 6.07) is 12.1. The van der Waals surface area contributed by atoms with E-state index >= 15 is 0 Å². The highest BCUT2D eigenvalue weighted by Crippen LogP contribution is 2.48. The molecule has 2 aromatic rings. The Hall–Kier alpha value is -3.00. The molecule has 1 saturated carbocycles. The van der Waals surface area contributed by atoms with Crippen LogP contribution in [-0.4, -0.2) is 109 Å². The normalized spacial score (nSPS) is 32.3. The SMILES string of the molecule is C.C1CC(N2CCOCC2)CCN1.CO[C@]1(C=O)/C=C/C[C@H](C)[C@@H](C)S(=O)(=O)NC(=O)c2ccc3c(c2)N(C[C@@H]2CC[C@H]21)C[C@@]1(CCCc2cc(Cl)ccc21)CO3. The maximum Gasteiger partial charge on any atom is 0.264 e. The van der Waals surface area contributed by atoms with E-state index in [0.29, 0.717) is 36.9 Å². The van der Waals surface area contributed by atoms with Gasteiger partial charge in [0.25, 0.3) is 5.91 Å². The summed E-state index contributed by atoms with van der Waals surface area (Å²) in [6.45, 7) is 11.7. The molecule has 0 radical (unpaired) electrons. The summed E-state index contributed by atoms with van der Waals surface area (Å²) < 4.78 is 46.7. The molecule has 2 aliphatic carbocycles. The van der Waals surface area contributed by atoms with Gasteiger partial charge in [0, 0.05) is 61.2 Å². The van der Waals surface area contributed by atoms with Crippen molar-refractivity contribution in [3.8, 4) is 5.75 Å². The lowest BCUT2D eigenvalue weighted by atomic mass is 9.64. The van der Waals surface area contributed by atoms with E-state index in [1.807, 2.05) is 25.1 Å². The number of sulfonamides is 1. The van der Waals surface area contributed by atoms with Crippen LogP contribution in [0.15, 0.2) is 48.6 Å². The molecule has 3 fully saturated rings. The number of nitrogens with one attached hydrogen (secondary N) is 2. The number of aldehydes is 1. The summed E-state index contributed by atoms with van der Waals surface area (Å²) in [4.78, 5) is 31.0. The Morgan fingerprint density at radius 3 is 2.51 bits per heavy atom. The Labute approximate surface area is 345 Å². The van der Waals surface area contributed by atoms with E-state index in [9.17, 15) is 18.0 Å². The number of amides is 1. The van der Waals surface area contributed by atoms with E-state index in [1.54, 1.807) is 32.2 Å². The molecule has 314 valence electrons. The minimum absolute atomic E-state index is 0. The average molecular weight is 828 g/mol. The molecular weight excluding hydrogens is 764 g/mol. The third-order valence-corrected chi connectivity index (χ3v) is 15.7. The first-order chi connectivity index (χ1) is 27.0. The van der Waals surface area contributed by atoms with Crippen molar-refractivity contribution in [2.24, 2.45) is 17.8 Å². The van der Waals surface area contributed by atoms with Crippen molar-refractivity contribution in [1.29, 1.82) is 0 Å². The number of methoxy groups -OCH3 is 1. The number of rotatable bonds is 3. The summed E-state index contributed by atoms with van der Waals surface area (Å²) >= 11 is 6.40. The number of anilines is 1. The first-order valence-electron chi connectivity index (χ1n) is 20.6. The fourth-order valence-corrected chi connectivity index (χ4v) is 11.3. The molecule has 0 unspecified atom stereocenters. The molecule has 4 heterocycles. The Bertz CT molecular complexity index is 1850. The summed E-state index contributed by atoms with van der Waals surface area (Å²) in [5, 5.41) is 3.27. The van der Waals surface area contributed by atoms with Gasteiger partial charge >= 0.3 is 0 Å².